The summed E-state index contributed by atoms with van der Waals surface area (Å²) in [6, 6.07) is 6.13. The molecule has 0 spiro atoms. The number of hydrogen-bond acceptors (Lipinski definition) is 3. The van der Waals surface area contributed by atoms with Crippen LogP contribution in [0.25, 0.3) is 0 Å². The van der Waals surface area contributed by atoms with E-state index < -0.39 is 0 Å². The minimum Gasteiger partial charge on any atom is -0.492 e. The second kappa shape index (κ2) is 4.63. The quantitative estimate of drug-likeness (QED) is 0.909. The fourth-order valence-corrected chi connectivity index (χ4v) is 3.17. The van der Waals surface area contributed by atoms with Gasteiger partial charge >= 0.3 is 0 Å². The van der Waals surface area contributed by atoms with Gasteiger partial charge in [-0.3, -0.25) is 0 Å². The van der Waals surface area contributed by atoms with E-state index in [4.69, 9.17) is 14.9 Å². The van der Waals surface area contributed by atoms with Crippen LogP contribution in [-0.2, 0) is 5.41 Å². The van der Waals surface area contributed by atoms with Gasteiger partial charge in [-0.1, -0.05) is 19.9 Å². The van der Waals surface area contributed by atoms with E-state index in [-0.39, 0.29) is 11.5 Å². The number of ether oxygens (including phenoxy) is 1. The zero-order chi connectivity index (χ0) is 15.4. The predicted molar refractivity (Wildman–Crippen MR) is 83.9 cm³/mol. The third-order valence-electron chi connectivity index (χ3n) is 4.61. The van der Waals surface area contributed by atoms with Crippen LogP contribution in [0, 0.1) is 20.8 Å². The van der Waals surface area contributed by atoms with Crippen LogP contribution in [0.1, 0.15) is 53.7 Å². The van der Waals surface area contributed by atoms with Crippen molar-refractivity contribution in [3.05, 3.63) is 52.0 Å². The van der Waals surface area contributed by atoms with Crippen LogP contribution in [0.15, 0.2) is 22.6 Å². The van der Waals surface area contributed by atoms with Gasteiger partial charge in [0, 0.05) is 16.5 Å². The molecule has 0 bridgehead atoms. The Morgan fingerprint density at radius 2 is 1.86 bits per heavy atom. The first kappa shape index (κ1) is 14.2. The normalized spacial score (nSPS) is 17.4. The molecule has 0 fully saturated rings. The molecule has 112 valence electrons. The summed E-state index contributed by atoms with van der Waals surface area (Å²) in [6.45, 7) is 11.2. The monoisotopic (exact) mass is 285 g/mol. The summed E-state index contributed by atoms with van der Waals surface area (Å²) >= 11 is 0. The van der Waals surface area contributed by atoms with Gasteiger partial charge in [0.2, 0.25) is 0 Å². The van der Waals surface area contributed by atoms with Crippen molar-refractivity contribution in [1.82, 2.24) is 0 Å². The van der Waals surface area contributed by atoms with E-state index in [1.807, 2.05) is 19.9 Å². The summed E-state index contributed by atoms with van der Waals surface area (Å²) in [6.07, 6.45) is 0. The maximum atomic E-state index is 6.51. The summed E-state index contributed by atoms with van der Waals surface area (Å²) in [5, 5.41) is 0. The van der Waals surface area contributed by atoms with Gasteiger partial charge in [0.15, 0.2) is 0 Å². The Labute approximate surface area is 126 Å². The highest BCUT2D eigenvalue weighted by atomic mass is 16.5. The Morgan fingerprint density at radius 1 is 1.14 bits per heavy atom. The number of nitrogens with two attached hydrogens (primary N) is 1. The molecule has 3 nitrogen and oxygen atoms in total. The van der Waals surface area contributed by atoms with Crippen LogP contribution in [-0.4, -0.2) is 6.61 Å². The van der Waals surface area contributed by atoms with Crippen LogP contribution < -0.4 is 10.5 Å². The molecule has 3 rings (SSSR count). The van der Waals surface area contributed by atoms with Gasteiger partial charge in [0.05, 0.1) is 12.6 Å². The van der Waals surface area contributed by atoms with Crippen molar-refractivity contribution in [3.8, 4) is 5.75 Å². The van der Waals surface area contributed by atoms with Crippen LogP contribution in [0.3, 0.4) is 0 Å². The van der Waals surface area contributed by atoms with E-state index >= 15 is 0 Å². The van der Waals surface area contributed by atoms with Crippen molar-refractivity contribution in [3.63, 3.8) is 0 Å². The third kappa shape index (κ3) is 2.16. The maximum absolute atomic E-state index is 6.51. The highest BCUT2D eigenvalue weighted by molar-refractivity contribution is 5.48. The Hall–Kier alpha value is -1.74. The molecule has 1 aromatic carbocycles. The third-order valence-corrected chi connectivity index (χ3v) is 4.61. The Kier molecular flexibility index (Phi) is 3.14. The first-order valence-electron chi connectivity index (χ1n) is 7.40. The van der Waals surface area contributed by atoms with E-state index in [2.05, 4.69) is 32.9 Å². The lowest BCUT2D eigenvalue weighted by Crippen LogP contribution is -2.19. The Balaban J connectivity index is 2.05. The predicted octanol–water partition coefficient (Wildman–Crippen LogP) is 3.92. The van der Waals surface area contributed by atoms with Crippen molar-refractivity contribution in [2.24, 2.45) is 5.73 Å². The van der Waals surface area contributed by atoms with Crippen molar-refractivity contribution in [2.75, 3.05) is 6.61 Å². The lowest BCUT2D eigenvalue weighted by atomic mass is 9.84. The zero-order valence-electron chi connectivity index (χ0n) is 13.4. The number of furan rings is 1. The van der Waals surface area contributed by atoms with Crippen LogP contribution in [0.2, 0.25) is 0 Å². The highest BCUT2D eigenvalue weighted by Gasteiger charge is 2.32. The largest absolute Gasteiger partial charge is 0.492 e. The van der Waals surface area contributed by atoms with Gasteiger partial charge in [0.25, 0.3) is 0 Å². The molecule has 2 aromatic rings. The molecule has 1 aliphatic heterocycles. The van der Waals surface area contributed by atoms with Crippen molar-refractivity contribution in [1.29, 1.82) is 0 Å². The number of rotatable bonds is 2. The lowest BCUT2D eigenvalue weighted by molar-refractivity contribution is 0.291. The first-order chi connectivity index (χ1) is 9.81. The first-order valence-corrected chi connectivity index (χ1v) is 7.40. The van der Waals surface area contributed by atoms with Gasteiger partial charge in [-0.25, -0.2) is 0 Å². The molecule has 0 saturated carbocycles. The highest BCUT2D eigenvalue weighted by Crippen LogP contribution is 2.40. The summed E-state index contributed by atoms with van der Waals surface area (Å²) in [5.41, 5.74) is 11.2. The standard InChI is InChI=1S/C18H23NO2/c1-10-11(2)21-12(3)16(10)17(19)13-6-7-15-14(8-13)18(4,5)9-20-15/h6-8,17H,9,19H2,1-5H3. The molecule has 21 heavy (non-hydrogen) atoms. The topological polar surface area (TPSA) is 48.4 Å². The van der Waals surface area contributed by atoms with Crippen LogP contribution in [0.4, 0.5) is 0 Å². The molecule has 2 N–H and O–H groups in total. The number of fused-ring (bicyclic) bond motifs is 1. The van der Waals surface area contributed by atoms with Crippen LogP contribution >= 0.6 is 0 Å². The van der Waals surface area contributed by atoms with Gasteiger partial charge < -0.3 is 14.9 Å². The molecule has 1 atom stereocenters. The molecule has 1 aliphatic rings. The SMILES string of the molecule is Cc1oc(C)c(C(N)c2ccc3c(c2)C(C)(C)CO3)c1C. The maximum Gasteiger partial charge on any atom is 0.123 e. The number of benzene rings is 1. The summed E-state index contributed by atoms with van der Waals surface area (Å²) in [5.74, 6) is 2.84. The second-order valence-corrected chi connectivity index (χ2v) is 6.66. The summed E-state index contributed by atoms with van der Waals surface area (Å²) < 4.78 is 11.5. The average molecular weight is 285 g/mol. The molecule has 1 aromatic heterocycles. The molecule has 0 saturated heterocycles. The van der Waals surface area contributed by atoms with E-state index in [0.717, 1.165) is 40.6 Å². The number of aryl methyl sites for hydroxylation is 2. The van der Waals surface area contributed by atoms with E-state index in [1.165, 1.54) is 5.56 Å². The zero-order valence-corrected chi connectivity index (χ0v) is 13.4. The van der Waals surface area contributed by atoms with E-state index in [0.29, 0.717) is 0 Å². The van der Waals surface area contributed by atoms with Gasteiger partial charge in [-0.2, -0.15) is 0 Å². The van der Waals surface area contributed by atoms with Gasteiger partial charge in [-0.15, -0.1) is 0 Å². The molecular weight excluding hydrogens is 262 g/mol. The molecule has 0 radical (unpaired) electrons. The lowest BCUT2D eigenvalue weighted by Gasteiger charge is -2.18. The molecule has 0 aliphatic carbocycles. The molecule has 2 heterocycles. The molecule has 0 amide bonds. The minimum atomic E-state index is -0.163. The van der Waals surface area contributed by atoms with E-state index in [9.17, 15) is 0 Å². The molecular formula is C18H23NO2. The molecule has 1 unspecified atom stereocenters. The number of hydrogen-bond donors (Lipinski definition) is 1. The van der Waals surface area contributed by atoms with Crippen LogP contribution in [0.5, 0.6) is 5.75 Å². The van der Waals surface area contributed by atoms with Crippen molar-refractivity contribution >= 4 is 0 Å². The Morgan fingerprint density at radius 3 is 2.48 bits per heavy atom. The average Bonchev–Trinajstić information content (AvgIpc) is 2.86. The van der Waals surface area contributed by atoms with Gasteiger partial charge in [0.1, 0.15) is 17.3 Å². The second-order valence-electron chi connectivity index (χ2n) is 6.66. The fraction of sp³-hybridized carbons (Fsp3) is 0.444. The van der Waals surface area contributed by atoms with Crippen molar-refractivity contribution in [2.45, 2.75) is 46.1 Å². The minimum absolute atomic E-state index is 0.0431. The molecule has 3 heteroatoms. The van der Waals surface area contributed by atoms with Gasteiger partial charge in [-0.05, 0) is 44.0 Å². The van der Waals surface area contributed by atoms with E-state index in [1.54, 1.807) is 0 Å². The smallest absolute Gasteiger partial charge is 0.123 e. The fourth-order valence-electron chi connectivity index (χ4n) is 3.17. The van der Waals surface area contributed by atoms with Crippen molar-refractivity contribution < 1.29 is 9.15 Å². The summed E-state index contributed by atoms with van der Waals surface area (Å²) in [4.78, 5) is 0. The Bertz CT molecular complexity index is 697. The summed E-state index contributed by atoms with van der Waals surface area (Å²) in [7, 11) is 0.